The second kappa shape index (κ2) is 9.82. The first-order chi connectivity index (χ1) is 15.5. The standard InChI is InChI=1S/C24H26N4O3S/c1-2-5-22(29)28-14-12-27(13-15-28)19-10-8-18(9-11-19)25-24(32)26-23(30)21-16-17-6-3-4-7-20(17)31-21/h3-4,6-11,16H,2,5,12-15H2,1H3,(H2,25,26,30,32). The minimum absolute atomic E-state index is 0.200. The van der Waals surface area contributed by atoms with Crippen LogP contribution in [0.1, 0.15) is 30.3 Å². The minimum atomic E-state index is -0.397. The van der Waals surface area contributed by atoms with Crippen LogP contribution in [0, 0.1) is 0 Å². The van der Waals surface area contributed by atoms with Crippen molar-refractivity contribution >= 4 is 51.5 Å². The van der Waals surface area contributed by atoms with Gasteiger partial charge >= 0.3 is 0 Å². The van der Waals surface area contributed by atoms with Crippen LogP contribution in [0.4, 0.5) is 11.4 Å². The monoisotopic (exact) mass is 450 g/mol. The van der Waals surface area contributed by atoms with Crippen LogP contribution in [0.5, 0.6) is 0 Å². The summed E-state index contributed by atoms with van der Waals surface area (Å²) in [6.07, 6.45) is 1.50. The molecule has 3 aromatic rings. The van der Waals surface area contributed by atoms with Crippen LogP contribution in [0.2, 0.25) is 0 Å². The molecule has 2 heterocycles. The third kappa shape index (κ3) is 5.08. The van der Waals surface area contributed by atoms with E-state index in [0.29, 0.717) is 12.0 Å². The smallest absolute Gasteiger partial charge is 0.293 e. The maximum Gasteiger partial charge on any atom is 0.293 e. The summed E-state index contributed by atoms with van der Waals surface area (Å²) >= 11 is 5.28. The van der Waals surface area contributed by atoms with E-state index in [1.54, 1.807) is 6.07 Å². The number of nitrogens with zero attached hydrogens (tertiary/aromatic N) is 2. The molecule has 0 bridgehead atoms. The summed E-state index contributed by atoms with van der Waals surface area (Å²) in [6, 6.07) is 17.0. The lowest BCUT2D eigenvalue weighted by Gasteiger charge is -2.36. The first-order valence-corrected chi connectivity index (χ1v) is 11.2. The molecule has 4 rings (SSSR count). The van der Waals surface area contributed by atoms with Gasteiger partial charge in [0.1, 0.15) is 5.58 Å². The number of nitrogens with one attached hydrogen (secondary N) is 2. The van der Waals surface area contributed by atoms with Crippen LogP contribution < -0.4 is 15.5 Å². The van der Waals surface area contributed by atoms with Gasteiger partial charge in [0.15, 0.2) is 10.9 Å². The van der Waals surface area contributed by atoms with Gasteiger partial charge in [-0.3, -0.25) is 14.9 Å². The molecule has 0 spiro atoms. The van der Waals surface area contributed by atoms with Crippen LogP contribution in [0.3, 0.4) is 0 Å². The van der Waals surface area contributed by atoms with Crippen molar-refractivity contribution in [3.63, 3.8) is 0 Å². The largest absolute Gasteiger partial charge is 0.451 e. The first-order valence-electron chi connectivity index (χ1n) is 10.8. The Labute approximate surface area is 192 Å². The Hall–Kier alpha value is -3.39. The van der Waals surface area contributed by atoms with Crippen molar-refractivity contribution in [1.29, 1.82) is 0 Å². The Kier molecular flexibility index (Phi) is 6.70. The van der Waals surface area contributed by atoms with E-state index in [9.17, 15) is 9.59 Å². The van der Waals surface area contributed by atoms with Crippen molar-refractivity contribution in [2.75, 3.05) is 36.4 Å². The number of thiocarbonyl (C=S) groups is 1. The fraction of sp³-hybridized carbons (Fsp3) is 0.292. The maximum atomic E-state index is 12.4. The molecule has 0 saturated carbocycles. The Morgan fingerprint density at radius 3 is 2.44 bits per heavy atom. The van der Waals surface area contributed by atoms with Crippen molar-refractivity contribution in [3.8, 4) is 0 Å². The zero-order valence-corrected chi connectivity index (χ0v) is 18.8. The molecule has 0 radical (unpaired) electrons. The Balaban J connectivity index is 1.29. The van der Waals surface area contributed by atoms with Gasteiger partial charge in [0.05, 0.1) is 0 Å². The summed E-state index contributed by atoms with van der Waals surface area (Å²) in [4.78, 5) is 28.7. The number of benzene rings is 2. The molecular formula is C24H26N4O3S. The lowest BCUT2D eigenvalue weighted by molar-refractivity contribution is -0.131. The van der Waals surface area contributed by atoms with Gasteiger partial charge in [0.2, 0.25) is 5.91 Å². The molecule has 32 heavy (non-hydrogen) atoms. The van der Waals surface area contributed by atoms with Gasteiger partial charge in [-0.15, -0.1) is 0 Å². The van der Waals surface area contributed by atoms with Crippen molar-refractivity contribution in [3.05, 3.63) is 60.4 Å². The Bertz CT molecular complexity index is 1080. The average Bonchev–Trinajstić information content (AvgIpc) is 3.24. The van der Waals surface area contributed by atoms with E-state index in [4.69, 9.17) is 16.6 Å². The average molecular weight is 451 g/mol. The van der Waals surface area contributed by atoms with Gasteiger partial charge < -0.3 is 19.5 Å². The number of fused-ring (bicyclic) bond motifs is 1. The highest BCUT2D eigenvalue weighted by atomic mass is 32.1. The summed E-state index contributed by atoms with van der Waals surface area (Å²) in [6.45, 7) is 5.15. The molecule has 2 aromatic carbocycles. The second-order valence-electron chi connectivity index (χ2n) is 7.72. The number of piperazine rings is 1. The maximum absolute atomic E-state index is 12.4. The SMILES string of the molecule is CCCC(=O)N1CCN(c2ccc(NC(=S)NC(=O)c3cc4ccccc4o3)cc2)CC1. The quantitative estimate of drug-likeness (QED) is 0.572. The molecule has 1 saturated heterocycles. The number of amides is 2. The fourth-order valence-corrected chi connectivity index (χ4v) is 3.97. The Morgan fingerprint density at radius 2 is 1.75 bits per heavy atom. The number of rotatable bonds is 5. The number of carbonyl (C=O) groups is 2. The summed E-state index contributed by atoms with van der Waals surface area (Å²) in [5.74, 6) is 0.0537. The lowest BCUT2D eigenvalue weighted by atomic mass is 10.2. The van der Waals surface area contributed by atoms with E-state index >= 15 is 0 Å². The molecule has 1 aliphatic rings. The third-order valence-electron chi connectivity index (χ3n) is 5.46. The number of para-hydroxylation sites is 1. The molecule has 0 unspecified atom stereocenters. The van der Waals surface area contributed by atoms with Crippen LogP contribution in [-0.2, 0) is 4.79 Å². The van der Waals surface area contributed by atoms with Crippen molar-refractivity contribution < 1.29 is 14.0 Å². The van der Waals surface area contributed by atoms with Gasteiger partial charge in [-0.2, -0.15) is 0 Å². The predicted octanol–water partition coefficient (Wildman–Crippen LogP) is 4.01. The number of carbonyl (C=O) groups excluding carboxylic acids is 2. The van der Waals surface area contributed by atoms with E-state index in [-0.39, 0.29) is 16.8 Å². The topological polar surface area (TPSA) is 77.8 Å². The van der Waals surface area contributed by atoms with Crippen molar-refractivity contribution in [2.45, 2.75) is 19.8 Å². The lowest BCUT2D eigenvalue weighted by Crippen LogP contribution is -2.48. The van der Waals surface area contributed by atoms with E-state index in [0.717, 1.165) is 49.4 Å². The molecule has 0 atom stereocenters. The van der Waals surface area contributed by atoms with Gasteiger partial charge in [-0.25, -0.2) is 0 Å². The number of furan rings is 1. The van der Waals surface area contributed by atoms with Crippen molar-refractivity contribution in [1.82, 2.24) is 10.2 Å². The van der Waals surface area contributed by atoms with Crippen LogP contribution in [0.15, 0.2) is 59.0 Å². The van der Waals surface area contributed by atoms with Crippen LogP contribution in [0.25, 0.3) is 11.0 Å². The summed E-state index contributed by atoms with van der Waals surface area (Å²) in [7, 11) is 0. The van der Waals surface area contributed by atoms with E-state index in [1.807, 2.05) is 60.4 Å². The predicted molar refractivity (Wildman–Crippen MR) is 130 cm³/mol. The minimum Gasteiger partial charge on any atom is -0.451 e. The highest BCUT2D eigenvalue weighted by Gasteiger charge is 2.20. The molecule has 1 aromatic heterocycles. The van der Waals surface area contributed by atoms with Gasteiger partial charge in [0.25, 0.3) is 5.91 Å². The summed E-state index contributed by atoms with van der Waals surface area (Å²) in [5.41, 5.74) is 2.53. The van der Waals surface area contributed by atoms with Gasteiger partial charge in [-0.1, -0.05) is 25.1 Å². The van der Waals surface area contributed by atoms with Crippen LogP contribution >= 0.6 is 12.2 Å². The molecule has 1 fully saturated rings. The zero-order valence-electron chi connectivity index (χ0n) is 18.0. The van der Waals surface area contributed by atoms with Gasteiger partial charge in [0, 0.05) is 49.4 Å². The summed E-state index contributed by atoms with van der Waals surface area (Å²) < 4.78 is 5.57. The molecule has 8 heteroatoms. The van der Waals surface area contributed by atoms with Crippen LogP contribution in [-0.4, -0.2) is 48.0 Å². The number of anilines is 2. The van der Waals surface area contributed by atoms with E-state index < -0.39 is 5.91 Å². The normalized spacial score (nSPS) is 13.8. The molecule has 7 nitrogen and oxygen atoms in total. The highest BCUT2D eigenvalue weighted by molar-refractivity contribution is 7.80. The molecule has 166 valence electrons. The number of hydrogen-bond acceptors (Lipinski definition) is 5. The molecule has 0 aliphatic carbocycles. The molecule has 2 amide bonds. The molecule has 2 N–H and O–H groups in total. The second-order valence-corrected chi connectivity index (χ2v) is 8.13. The van der Waals surface area contributed by atoms with Gasteiger partial charge in [-0.05, 0) is 55.0 Å². The molecule has 1 aliphatic heterocycles. The van der Waals surface area contributed by atoms with Crippen molar-refractivity contribution in [2.24, 2.45) is 0 Å². The third-order valence-corrected chi connectivity index (χ3v) is 5.67. The fourth-order valence-electron chi connectivity index (χ4n) is 3.76. The Morgan fingerprint density at radius 1 is 1.03 bits per heavy atom. The number of hydrogen-bond donors (Lipinski definition) is 2. The van der Waals surface area contributed by atoms with E-state index in [2.05, 4.69) is 15.5 Å². The molecular weight excluding hydrogens is 424 g/mol. The summed E-state index contributed by atoms with van der Waals surface area (Å²) in [5, 5.41) is 6.74. The zero-order chi connectivity index (χ0) is 22.5. The highest BCUT2D eigenvalue weighted by Crippen LogP contribution is 2.21. The first kappa shape index (κ1) is 21.8. The van der Waals surface area contributed by atoms with E-state index in [1.165, 1.54) is 0 Å².